The number of nitriles is 1. The van der Waals surface area contributed by atoms with Crippen LogP contribution in [0.2, 0.25) is 0 Å². The molecule has 0 radical (unpaired) electrons. The zero-order valence-corrected chi connectivity index (χ0v) is 11.5. The summed E-state index contributed by atoms with van der Waals surface area (Å²) in [6.07, 6.45) is -4.95. The third kappa shape index (κ3) is 2.39. The molecule has 2 rings (SSSR count). The van der Waals surface area contributed by atoms with Gasteiger partial charge >= 0.3 is 11.9 Å². The predicted octanol–water partition coefficient (Wildman–Crippen LogP) is 3.29. The fraction of sp³-hybridized carbons (Fsp3) is 0.231. The van der Waals surface area contributed by atoms with Gasteiger partial charge in [-0.2, -0.15) is 23.5 Å². The minimum absolute atomic E-state index is 0.190. The molecule has 0 saturated carbocycles. The molecular weight excluding hydrogens is 301 g/mol. The summed E-state index contributed by atoms with van der Waals surface area (Å²) in [6.45, 7) is 2.72. The largest absolute Gasteiger partial charge is 0.442 e. The Kier molecular flexibility index (Phi) is 3.62. The van der Waals surface area contributed by atoms with Gasteiger partial charge in [0.05, 0.1) is 22.2 Å². The van der Waals surface area contributed by atoms with Crippen LogP contribution in [0, 0.1) is 35.3 Å². The van der Waals surface area contributed by atoms with E-state index in [1.54, 1.807) is 0 Å². The lowest BCUT2D eigenvalue weighted by Crippen LogP contribution is -2.09. The van der Waals surface area contributed by atoms with Gasteiger partial charge in [0, 0.05) is 0 Å². The first-order valence-electron chi connectivity index (χ1n) is 5.99. The third-order valence-corrected chi connectivity index (χ3v) is 3.19. The molecule has 114 valence electrons. The quantitative estimate of drug-likeness (QED) is 0.629. The van der Waals surface area contributed by atoms with Crippen LogP contribution in [0.1, 0.15) is 22.5 Å². The van der Waals surface area contributed by atoms with Gasteiger partial charge in [0.1, 0.15) is 5.69 Å². The van der Waals surface area contributed by atoms with Crippen LogP contribution in [0.25, 0.3) is 5.69 Å². The summed E-state index contributed by atoms with van der Waals surface area (Å²) in [7, 11) is 0. The van der Waals surface area contributed by atoms with E-state index < -0.39 is 22.5 Å². The van der Waals surface area contributed by atoms with Crippen molar-refractivity contribution in [3.05, 3.63) is 50.8 Å². The molecule has 1 aromatic heterocycles. The highest BCUT2D eigenvalue weighted by Crippen LogP contribution is 2.38. The van der Waals surface area contributed by atoms with Gasteiger partial charge in [-0.25, -0.2) is 4.68 Å². The maximum Gasteiger partial charge on any atom is 0.442 e. The standard InChI is InChI=1S/C13H9F3N4O2/c1-7-9(6-17)4-3-5-10(7)19-8(2)11(20(21)22)12(18-19)13(14,15)16/h3-5H,1-2H3. The molecule has 0 bridgehead atoms. The first-order chi connectivity index (χ1) is 10.2. The van der Waals surface area contributed by atoms with Crippen molar-refractivity contribution in [3.63, 3.8) is 0 Å². The van der Waals surface area contributed by atoms with Gasteiger partial charge in [-0.3, -0.25) is 10.1 Å². The van der Waals surface area contributed by atoms with Gasteiger partial charge in [0.2, 0.25) is 5.69 Å². The molecule has 2 aromatic rings. The summed E-state index contributed by atoms with van der Waals surface area (Å²) in [6, 6.07) is 6.32. The van der Waals surface area contributed by atoms with Crippen LogP contribution in [0.4, 0.5) is 18.9 Å². The zero-order chi connectivity index (χ0) is 16.7. The molecular formula is C13H9F3N4O2. The first-order valence-corrected chi connectivity index (χ1v) is 5.99. The second-order valence-electron chi connectivity index (χ2n) is 4.51. The van der Waals surface area contributed by atoms with E-state index in [1.807, 2.05) is 6.07 Å². The van der Waals surface area contributed by atoms with Crippen molar-refractivity contribution in [3.8, 4) is 11.8 Å². The number of halogens is 3. The van der Waals surface area contributed by atoms with Crippen molar-refractivity contribution in [2.24, 2.45) is 0 Å². The number of hydrogen-bond acceptors (Lipinski definition) is 4. The normalized spacial score (nSPS) is 11.3. The van der Waals surface area contributed by atoms with E-state index in [0.29, 0.717) is 5.56 Å². The molecule has 0 atom stereocenters. The molecule has 0 aliphatic heterocycles. The lowest BCUT2D eigenvalue weighted by molar-refractivity contribution is -0.388. The predicted molar refractivity (Wildman–Crippen MR) is 69.4 cm³/mol. The SMILES string of the molecule is Cc1c(C#N)cccc1-n1nc(C(F)(F)F)c([N+](=O)[O-])c1C. The topological polar surface area (TPSA) is 84.8 Å². The van der Waals surface area contributed by atoms with Crippen molar-refractivity contribution in [2.75, 3.05) is 0 Å². The second kappa shape index (κ2) is 5.14. The lowest BCUT2D eigenvalue weighted by atomic mass is 10.1. The van der Waals surface area contributed by atoms with Crippen molar-refractivity contribution < 1.29 is 18.1 Å². The minimum Gasteiger partial charge on any atom is -0.258 e. The molecule has 0 saturated heterocycles. The van der Waals surface area contributed by atoms with Gasteiger partial charge in [-0.15, -0.1) is 0 Å². The molecule has 0 unspecified atom stereocenters. The monoisotopic (exact) mass is 310 g/mol. The lowest BCUT2D eigenvalue weighted by Gasteiger charge is -2.08. The van der Waals surface area contributed by atoms with E-state index in [1.165, 1.54) is 32.0 Å². The molecule has 0 fully saturated rings. The Morgan fingerprint density at radius 1 is 1.36 bits per heavy atom. The smallest absolute Gasteiger partial charge is 0.258 e. The molecule has 1 heterocycles. The molecule has 0 aliphatic rings. The van der Waals surface area contributed by atoms with Crippen LogP contribution in [-0.2, 0) is 6.18 Å². The van der Waals surface area contributed by atoms with Crippen LogP contribution in [0.3, 0.4) is 0 Å². The van der Waals surface area contributed by atoms with Gasteiger partial charge in [0.15, 0.2) is 0 Å². The van der Waals surface area contributed by atoms with Gasteiger partial charge in [-0.1, -0.05) is 6.07 Å². The van der Waals surface area contributed by atoms with E-state index in [9.17, 15) is 23.3 Å². The van der Waals surface area contributed by atoms with Gasteiger partial charge in [-0.05, 0) is 31.5 Å². The Morgan fingerprint density at radius 2 is 2.00 bits per heavy atom. The number of alkyl halides is 3. The van der Waals surface area contributed by atoms with Crippen molar-refractivity contribution in [1.29, 1.82) is 5.26 Å². The van der Waals surface area contributed by atoms with Crippen molar-refractivity contribution in [2.45, 2.75) is 20.0 Å². The molecule has 22 heavy (non-hydrogen) atoms. The minimum atomic E-state index is -4.95. The number of aromatic nitrogens is 2. The highest BCUT2D eigenvalue weighted by molar-refractivity contribution is 5.53. The van der Waals surface area contributed by atoms with E-state index in [0.717, 1.165) is 4.68 Å². The van der Waals surface area contributed by atoms with Crippen LogP contribution in [0.15, 0.2) is 18.2 Å². The van der Waals surface area contributed by atoms with E-state index in [4.69, 9.17) is 5.26 Å². The maximum atomic E-state index is 12.9. The summed E-state index contributed by atoms with van der Waals surface area (Å²) in [5.41, 5.74) is -2.07. The third-order valence-electron chi connectivity index (χ3n) is 3.19. The van der Waals surface area contributed by atoms with E-state index in [-0.39, 0.29) is 16.9 Å². The summed E-state index contributed by atoms with van der Waals surface area (Å²) in [5.74, 6) is 0. The average molecular weight is 310 g/mol. The Morgan fingerprint density at radius 3 is 2.45 bits per heavy atom. The summed E-state index contributed by atoms with van der Waals surface area (Å²) < 4.78 is 39.6. The highest BCUT2D eigenvalue weighted by atomic mass is 19.4. The van der Waals surface area contributed by atoms with E-state index >= 15 is 0 Å². The average Bonchev–Trinajstić information content (AvgIpc) is 2.77. The number of hydrogen-bond donors (Lipinski definition) is 0. The number of rotatable bonds is 2. The molecule has 0 N–H and O–H groups in total. The molecule has 0 aliphatic carbocycles. The van der Waals surface area contributed by atoms with Gasteiger partial charge in [0.25, 0.3) is 0 Å². The Hall–Kier alpha value is -2.89. The maximum absolute atomic E-state index is 12.9. The summed E-state index contributed by atoms with van der Waals surface area (Å²) in [5, 5.41) is 23.3. The second-order valence-corrected chi connectivity index (χ2v) is 4.51. The van der Waals surface area contributed by atoms with Crippen LogP contribution in [0.5, 0.6) is 0 Å². The molecule has 9 heteroatoms. The summed E-state index contributed by atoms with van der Waals surface area (Å²) in [4.78, 5) is 9.84. The fourth-order valence-electron chi connectivity index (χ4n) is 2.11. The summed E-state index contributed by atoms with van der Waals surface area (Å²) >= 11 is 0. The number of benzene rings is 1. The zero-order valence-electron chi connectivity index (χ0n) is 11.5. The van der Waals surface area contributed by atoms with Crippen LogP contribution < -0.4 is 0 Å². The Balaban J connectivity index is 2.79. The fourth-order valence-corrected chi connectivity index (χ4v) is 2.11. The molecule has 1 aromatic carbocycles. The Labute approximate surface area is 122 Å². The molecule has 0 spiro atoms. The van der Waals surface area contributed by atoms with Crippen LogP contribution in [-0.4, -0.2) is 14.7 Å². The highest BCUT2D eigenvalue weighted by Gasteiger charge is 2.44. The van der Waals surface area contributed by atoms with Gasteiger partial charge < -0.3 is 0 Å². The van der Waals surface area contributed by atoms with Crippen molar-refractivity contribution in [1.82, 2.24) is 9.78 Å². The molecule has 0 amide bonds. The Bertz CT molecular complexity index is 803. The van der Waals surface area contributed by atoms with Crippen LogP contribution >= 0.6 is 0 Å². The number of nitrogens with zero attached hydrogens (tertiary/aromatic N) is 4. The first kappa shape index (κ1) is 15.5. The molecule has 6 nitrogen and oxygen atoms in total. The van der Waals surface area contributed by atoms with Crippen molar-refractivity contribution >= 4 is 5.69 Å². The number of nitro groups is 1. The van der Waals surface area contributed by atoms with E-state index in [2.05, 4.69) is 5.10 Å².